The van der Waals surface area contributed by atoms with Gasteiger partial charge in [-0.2, -0.15) is 0 Å². The average Bonchev–Trinajstić information content (AvgIpc) is 2.35. The highest BCUT2D eigenvalue weighted by molar-refractivity contribution is 6.36. The summed E-state index contributed by atoms with van der Waals surface area (Å²) >= 11 is 12.5. The van der Waals surface area contributed by atoms with Crippen molar-refractivity contribution < 1.29 is 0 Å². The highest BCUT2D eigenvalue weighted by Gasteiger charge is 2.25. The van der Waals surface area contributed by atoms with Crippen LogP contribution in [0.5, 0.6) is 0 Å². The molecule has 0 bridgehead atoms. The van der Waals surface area contributed by atoms with Gasteiger partial charge in [0.1, 0.15) is 0 Å². The molecule has 1 atom stereocenters. The fourth-order valence-electron chi connectivity index (χ4n) is 2.41. The van der Waals surface area contributed by atoms with E-state index in [2.05, 4.69) is 16.8 Å². The van der Waals surface area contributed by atoms with Gasteiger partial charge >= 0.3 is 0 Å². The van der Waals surface area contributed by atoms with Gasteiger partial charge in [0.05, 0.1) is 6.04 Å². The Labute approximate surface area is 118 Å². The maximum absolute atomic E-state index is 6.27. The molecule has 1 unspecified atom stereocenters. The average molecular weight is 288 g/mol. The van der Waals surface area contributed by atoms with Crippen molar-refractivity contribution >= 4 is 23.2 Å². The largest absolute Gasteiger partial charge is 0.329 e. The fraction of sp³-hybridized carbons (Fsp3) is 0.538. The number of piperazine rings is 1. The van der Waals surface area contributed by atoms with Crippen LogP contribution in [0.15, 0.2) is 18.2 Å². The summed E-state index contributed by atoms with van der Waals surface area (Å²) in [6, 6.07) is 5.73. The molecule has 0 aromatic heterocycles. The Balaban J connectivity index is 2.23. The Morgan fingerprint density at radius 1 is 1.17 bits per heavy atom. The van der Waals surface area contributed by atoms with Crippen LogP contribution in [-0.2, 0) is 0 Å². The molecular formula is C13H19Cl2N3. The maximum Gasteiger partial charge on any atom is 0.0501 e. The molecule has 2 rings (SSSR count). The summed E-state index contributed by atoms with van der Waals surface area (Å²) in [4.78, 5) is 4.69. The van der Waals surface area contributed by atoms with Gasteiger partial charge in [-0.05, 0) is 19.2 Å². The van der Waals surface area contributed by atoms with E-state index < -0.39 is 0 Å². The van der Waals surface area contributed by atoms with Crippen LogP contribution in [-0.4, -0.2) is 49.6 Å². The van der Waals surface area contributed by atoms with E-state index in [0.29, 0.717) is 16.6 Å². The monoisotopic (exact) mass is 287 g/mol. The fourth-order valence-corrected chi connectivity index (χ4v) is 3.06. The van der Waals surface area contributed by atoms with Gasteiger partial charge in [0.15, 0.2) is 0 Å². The first kappa shape index (κ1) is 14.1. The zero-order valence-electron chi connectivity index (χ0n) is 10.6. The van der Waals surface area contributed by atoms with Crippen LogP contribution in [0.25, 0.3) is 0 Å². The van der Waals surface area contributed by atoms with Gasteiger partial charge in [-0.1, -0.05) is 29.3 Å². The van der Waals surface area contributed by atoms with Crippen LogP contribution >= 0.6 is 23.2 Å². The van der Waals surface area contributed by atoms with Crippen molar-refractivity contribution in [1.29, 1.82) is 0 Å². The molecule has 0 spiro atoms. The van der Waals surface area contributed by atoms with Gasteiger partial charge in [-0.3, -0.25) is 4.90 Å². The lowest BCUT2D eigenvalue weighted by molar-refractivity contribution is 0.114. The molecule has 1 aliphatic rings. The molecule has 1 aromatic rings. The van der Waals surface area contributed by atoms with E-state index in [1.165, 1.54) is 0 Å². The summed E-state index contributed by atoms with van der Waals surface area (Å²) in [7, 11) is 2.14. The summed E-state index contributed by atoms with van der Waals surface area (Å²) in [5, 5.41) is 1.41. The second-order valence-corrected chi connectivity index (χ2v) is 5.54. The molecule has 5 heteroatoms. The Hall–Kier alpha value is -0.320. The predicted molar refractivity (Wildman–Crippen MR) is 77.3 cm³/mol. The van der Waals surface area contributed by atoms with E-state index in [1.54, 1.807) is 0 Å². The normalized spacial score (nSPS) is 20.0. The van der Waals surface area contributed by atoms with E-state index in [1.807, 2.05) is 18.2 Å². The molecule has 2 N–H and O–H groups in total. The molecule has 3 nitrogen and oxygen atoms in total. The topological polar surface area (TPSA) is 32.5 Å². The van der Waals surface area contributed by atoms with Gasteiger partial charge in [0.2, 0.25) is 0 Å². The van der Waals surface area contributed by atoms with Crippen molar-refractivity contribution in [2.45, 2.75) is 6.04 Å². The molecule has 1 heterocycles. The van der Waals surface area contributed by atoms with Gasteiger partial charge in [0, 0.05) is 48.3 Å². The van der Waals surface area contributed by atoms with Crippen molar-refractivity contribution in [3.8, 4) is 0 Å². The zero-order chi connectivity index (χ0) is 13.1. The lowest BCUT2D eigenvalue weighted by Gasteiger charge is -2.38. The number of halogens is 2. The van der Waals surface area contributed by atoms with Crippen molar-refractivity contribution in [2.24, 2.45) is 5.73 Å². The minimum atomic E-state index is 0.111. The third-order valence-corrected chi connectivity index (χ3v) is 4.19. The molecule has 18 heavy (non-hydrogen) atoms. The standard InChI is InChI=1S/C13H19Cl2N3/c1-17-5-7-18(8-6-17)12(9-16)13-10(14)3-2-4-11(13)15/h2-4,12H,5-9,16H2,1H3. The van der Waals surface area contributed by atoms with Crippen LogP contribution in [0.1, 0.15) is 11.6 Å². The minimum absolute atomic E-state index is 0.111. The summed E-state index contributed by atoms with van der Waals surface area (Å²) in [5.74, 6) is 0. The van der Waals surface area contributed by atoms with Crippen LogP contribution < -0.4 is 5.73 Å². The zero-order valence-corrected chi connectivity index (χ0v) is 12.1. The van der Waals surface area contributed by atoms with Crippen LogP contribution in [0.4, 0.5) is 0 Å². The highest BCUT2D eigenvalue weighted by Crippen LogP contribution is 2.33. The predicted octanol–water partition coefficient (Wildman–Crippen LogP) is 2.24. The summed E-state index contributed by atoms with van der Waals surface area (Å²) in [6.07, 6.45) is 0. The van der Waals surface area contributed by atoms with Gasteiger partial charge in [0.25, 0.3) is 0 Å². The Morgan fingerprint density at radius 2 is 1.72 bits per heavy atom. The third kappa shape index (κ3) is 2.98. The molecule has 0 amide bonds. The van der Waals surface area contributed by atoms with Crippen molar-refractivity contribution in [3.63, 3.8) is 0 Å². The van der Waals surface area contributed by atoms with Gasteiger partial charge in [-0.15, -0.1) is 0 Å². The molecule has 0 aliphatic carbocycles. The number of hydrogen-bond acceptors (Lipinski definition) is 3. The van der Waals surface area contributed by atoms with Crippen molar-refractivity contribution in [2.75, 3.05) is 39.8 Å². The number of rotatable bonds is 3. The quantitative estimate of drug-likeness (QED) is 0.926. The van der Waals surface area contributed by atoms with Crippen LogP contribution in [0, 0.1) is 0 Å². The third-order valence-electron chi connectivity index (χ3n) is 3.53. The molecule has 1 saturated heterocycles. The number of likely N-dealkylation sites (N-methyl/N-ethyl adjacent to an activating group) is 1. The summed E-state index contributed by atoms with van der Waals surface area (Å²) in [6.45, 7) is 4.64. The first-order valence-corrected chi connectivity index (χ1v) is 6.95. The van der Waals surface area contributed by atoms with E-state index >= 15 is 0 Å². The van der Waals surface area contributed by atoms with Crippen molar-refractivity contribution in [1.82, 2.24) is 9.80 Å². The first-order valence-electron chi connectivity index (χ1n) is 6.20. The maximum atomic E-state index is 6.27. The number of nitrogens with two attached hydrogens (primary N) is 1. The lowest BCUT2D eigenvalue weighted by atomic mass is 10.0. The van der Waals surface area contributed by atoms with Crippen LogP contribution in [0.3, 0.4) is 0 Å². The second-order valence-electron chi connectivity index (χ2n) is 4.73. The number of benzene rings is 1. The number of hydrogen-bond donors (Lipinski definition) is 1. The molecule has 1 aromatic carbocycles. The number of nitrogens with zero attached hydrogens (tertiary/aromatic N) is 2. The Kier molecular flexibility index (Phi) is 4.87. The van der Waals surface area contributed by atoms with Crippen LogP contribution in [0.2, 0.25) is 10.0 Å². The summed E-state index contributed by atoms with van der Waals surface area (Å²) in [5.41, 5.74) is 6.90. The Bertz CT molecular complexity index is 383. The van der Waals surface area contributed by atoms with E-state index in [-0.39, 0.29) is 6.04 Å². The molecule has 100 valence electrons. The van der Waals surface area contributed by atoms with E-state index in [0.717, 1.165) is 31.7 Å². The van der Waals surface area contributed by atoms with E-state index in [9.17, 15) is 0 Å². The van der Waals surface area contributed by atoms with E-state index in [4.69, 9.17) is 28.9 Å². The van der Waals surface area contributed by atoms with Gasteiger partial charge in [-0.25, -0.2) is 0 Å². The SMILES string of the molecule is CN1CCN(C(CN)c2c(Cl)cccc2Cl)CC1. The smallest absolute Gasteiger partial charge is 0.0501 e. The minimum Gasteiger partial charge on any atom is -0.329 e. The second kappa shape index (κ2) is 6.22. The molecule has 0 saturated carbocycles. The first-order chi connectivity index (χ1) is 8.63. The molecular weight excluding hydrogens is 269 g/mol. The Morgan fingerprint density at radius 3 is 2.22 bits per heavy atom. The van der Waals surface area contributed by atoms with Crippen molar-refractivity contribution in [3.05, 3.63) is 33.8 Å². The molecule has 0 radical (unpaired) electrons. The molecule has 1 aliphatic heterocycles. The molecule has 1 fully saturated rings. The van der Waals surface area contributed by atoms with Gasteiger partial charge < -0.3 is 10.6 Å². The lowest BCUT2D eigenvalue weighted by Crippen LogP contribution is -2.47. The highest BCUT2D eigenvalue weighted by atomic mass is 35.5. The summed E-state index contributed by atoms with van der Waals surface area (Å²) < 4.78 is 0.